The fraction of sp³-hybridized carbons (Fsp3) is 0.727. The summed E-state index contributed by atoms with van der Waals surface area (Å²) in [5, 5.41) is 3.22. The van der Waals surface area contributed by atoms with E-state index in [1.54, 1.807) is 4.90 Å². The number of rotatable bonds is 1. The number of carbonyl (C=O) groups excluding carboxylic acids is 1. The average Bonchev–Trinajstić information content (AvgIpc) is 2.88. The van der Waals surface area contributed by atoms with Crippen LogP contribution in [0.4, 0.5) is 0 Å². The Morgan fingerprint density at radius 1 is 1.27 bits per heavy atom. The van der Waals surface area contributed by atoms with Gasteiger partial charge in [-0.05, 0) is 32.0 Å². The summed E-state index contributed by atoms with van der Waals surface area (Å²) in [5.41, 5.74) is 0. The molecule has 15 heavy (non-hydrogen) atoms. The first-order valence-corrected chi connectivity index (χ1v) is 5.54. The minimum Gasteiger partial charge on any atom is -0.378 e. The maximum Gasteiger partial charge on any atom is 0.246 e. The van der Waals surface area contributed by atoms with E-state index in [2.05, 4.69) is 11.9 Å². The molecule has 0 aromatic rings. The van der Waals surface area contributed by atoms with Gasteiger partial charge in [0.25, 0.3) is 0 Å². The Kier molecular flexibility index (Phi) is 6.04. The second-order valence-electron chi connectivity index (χ2n) is 3.60. The highest BCUT2D eigenvalue weighted by molar-refractivity contribution is 5.87. The Hall–Kier alpha value is -0.870. The Labute approximate surface area is 91.3 Å². The number of nitrogens with zero attached hydrogens (tertiary/aromatic N) is 1. The Morgan fingerprint density at radius 2 is 1.87 bits per heavy atom. The predicted molar refractivity (Wildman–Crippen MR) is 59.7 cm³/mol. The number of hydrogen-bond acceptors (Lipinski definition) is 3. The number of morpholine rings is 1. The van der Waals surface area contributed by atoms with Gasteiger partial charge in [0.1, 0.15) is 0 Å². The number of hydrogen-bond donors (Lipinski definition) is 1. The van der Waals surface area contributed by atoms with Crippen LogP contribution in [0.25, 0.3) is 0 Å². The van der Waals surface area contributed by atoms with E-state index in [-0.39, 0.29) is 5.91 Å². The molecule has 2 aliphatic rings. The zero-order valence-corrected chi connectivity index (χ0v) is 9.21. The molecule has 2 fully saturated rings. The normalized spacial score (nSPS) is 20.4. The Bertz CT molecular complexity index is 189. The van der Waals surface area contributed by atoms with E-state index in [4.69, 9.17) is 4.74 Å². The second-order valence-corrected chi connectivity index (χ2v) is 3.60. The molecule has 1 amide bonds. The van der Waals surface area contributed by atoms with Crippen molar-refractivity contribution in [1.29, 1.82) is 0 Å². The van der Waals surface area contributed by atoms with Gasteiger partial charge >= 0.3 is 0 Å². The lowest BCUT2D eigenvalue weighted by Crippen LogP contribution is -2.39. The molecule has 4 heteroatoms. The largest absolute Gasteiger partial charge is 0.378 e. The number of nitrogens with one attached hydrogen (secondary N) is 1. The number of amides is 1. The molecule has 2 heterocycles. The van der Waals surface area contributed by atoms with Gasteiger partial charge in [0.05, 0.1) is 13.2 Å². The molecule has 4 nitrogen and oxygen atoms in total. The molecule has 0 aromatic carbocycles. The minimum atomic E-state index is 0.00306. The lowest BCUT2D eigenvalue weighted by molar-refractivity contribution is -0.129. The van der Waals surface area contributed by atoms with Crippen molar-refractivity contribution in [2.75, 3.05) is 39.4 Å². The third kappa shape index (κ3) is 4.95. The third-order valence-electron chi connectivity index (χ3n) is 2.45. The van der Waals surface area contributed by atoms with Crippen LogP contribution in [0.1, 0.15) is 12.8 Å². The topological polar surface area (TPSA) is 41.6 Å². The molecule has 0 atom stereocenters. The number of ether oxygens (including phenoxy) is 1. The zero-order valence-electron chi connectivity index (χ0n) is 9.21. The molecule has 2 aliphatic heterocycles. The van der Waals surface area contributed by atoms with Crippen molar-refractivity contribution in [1.82, 2.24) is 10.2 Å². The van der Waals surface area contributed by atoms with Crippen LogP contribution >= 0.6 is 0 Å². The highest BCUT2D eigenvalue weighted by Gasteiger charge is 2.12. The van der Waals surface area contributed by atoms with Crippen LogP contribution in [-0.2, 0) is 9.53 Å². The van der Waals surface area contributed by atoms with E-state index in [1.807, 2.05) is 0 Å². The van der Waals surface area contributed by atoms with E-state index < -0.39 is 0 Å². The Balaban J connectivity index is 0.000000187. The van der Waals surface area contributed by atoms with Gasteiger partial charge in [0, 0.05) is 13.1 Å². The molecule has 2 rings (SSSR count). The average molecular weight is 212 g/mol. The van der Waals surface area contributed by atoms with E-state index in [0.29, 0.717) is 26.3 Å². The minimum absolute atomic E-state index is 0.00306. The van der Waals surface area contributed by atoms with E-state index >= 15 is 0 Å². The molecule has 1 N–H and O–H groups in total. The fourth-order valence-corrected chi connectivity index (χ4v) is 1.54. The van der Waals surface area contributed by atoms with Crippen LogP contribution in [0.5, 0.6) is 0 Å². The van der Waals surface area contributed by atoms with Gasteiger partial charge in [-0.15, -0.1) is 0 Å². The second kappa shape index (κ2) is 7.43. The summed E-state index contributed by atoms with van der Waals surface area (Å²) in [6.07, 6.45) is 4.12. The van der Waals surface area contributed by atoms with Gasteiger partial charge in [0.2, 0.25) is 5.91 Å². The summed E-state index contributed by atoms with van der Waals surface area (Å²) in [5.74, 6) is 0.00306. The molecule has 0 unspecified atom stereocenters. The first-order valence-electron chi connectivity index (χ1n) is 5.54. The van der Waals surface area contributed by atoms with Gasteiger partial charge in [-0.1, -0.05) is 6.58 Å². The molecule has 0 saturated carbocycles. The standard InChI is InChI=1S/C7H11NO2.C4H9N/c1-2-7(9)8-3-5-10-6-4-8;1-2-4-5-3-1/h2H,1,3-6H2;5H,1-4H2. The van der Waals surface area contributed by atoms with Crippen molar-refractivity contribution in [3.05, 3.63) is 12.7 Å². The van der Waals surface area contributed by atoms with Crippen molar-refractivity contribution in [3.63, 3.8) is 0 Å². The van der Waals surface area contributed by atoms with Crippen LogP contribution in [0.15, 0.2) is 12.7 Å². The first kappa shape index (κ1) is 12.2. The van der Waals surface area contributed by atoms with Gasteiger partial charge in [0.15, 0.2) is 0 Å². The summed E-state index contributed by atoms with van der Waals surface area (Å²) in [7, 11) is 0. The molecular weight excluding hydrogens is 192 g/mol. The quantitative estimate of drug-likeness (QED) is 0.640. The molecule has 0 spiro atoms. The highest BCUT2D eigenvalue weighted by Crippen LogP contribution is 1.96. The molecule has 2 saturated heterocycles. The van der Waals surface area contributed by atoms with Gasteiger partial charge < -0.3 is 15.0 Å². The third-order valence-corrected chi connectivity index (χ3v) is 2.45. The van der Waals surface area contributed by atoms with Crippen LogP contribution < -0.4 is 5.32 Å². The summed E-state index contributed by atoms with van der Waals surface area (Å²) in [6.45, 7) is 8.61. The van der Waals surface area contributed by atoms with Crippen molar-refractivity contribution < 1.29 is 9.53 Å². The smallest absolute Gasteiger partial charge is 0.246 e. The van der Waals surface area contributed by atoms with Gasteiger partial charge in [-0.3, -0.25) is 4.79 Å². The SMILES string of the molecule is C1CCNC1.C=CC(=O)N1CCOCC1. The Morgan fingerprint density at radius 3 is 2.27 bits per heavy atom. The number of carbonyl (C=O) groups is 1. The highest BCUT2D eigenvalue weighted by atomic mass is 16.5. The van der Waals surface area contributed by atoms with Crippen LogP contribution in [0.3, 0.4) is 0 Å². The van der Waals surface area contributed by atoms with E-state index in [9.17, 15) is 4.79 Å². The molecule has 0 radical (unpaired) electrons. The van der Waals surface area contributed by atoms with E-state index in [0.717, 1.165) is 0 Å². The van der Waals surface area contributed by atoms with Crippen LogP contribution in [0, 0.1) is 0 Å². The molecule has 0 bridgehead atoms. The van der Waals surface area contributed by atoms with Crippen LogP contribution in [-0.4, -0.2) is 50.2 Å². The van der Waals surface area contributed by atoms with E-state index in [1.165, 1.54) is 32.0 Å². The summed E-state index contributed by atoms with van der Waals surface area (Å²) in [6, 6.07) is 0. The van der Waals surface area contributed by atoms with Crippen LogP contribution in [0.2, 0.25) is 0 Å². The molecule has 0 aromatic heterocycles. The molecule has 0 aliphatic carbocycles. The fourth-order valence-electron chi connectivity index (χ4n) is 1.54. The lowest BCUT2D eigenvalue weighted by atomic mass is 10.4. The van der Waals surface area contributed by atoms with Crippen molar-refractivity contribution in [2.24, 2.45) is 0 Å². The van der Waals surface area contributed by atoms with Crippen molar-refractivity contribution >= 4 is 5.91 Å². The lowest BCUT2D eigenvalue weighted by Gasteiger charge is -2.25. The first-order chi connectivity index (χ1) is 7.34. The predicted octanol–water partition coefficient (Wildman–Crippen LogP) is 0.401. The monoisotopic (exact) mass is 212 g/mol. The maximum atomic E-state index is 10.9. The van der Waals surface area contributed by atoms with Gasteiger partial charge in [-0.2, -0.15) is 0 Å². The molecular formula is C11H20N2O2. The summed E-state index contributed by atoms with van der Waals surface area (Å²) >= 11 is 0. The van der Waals surface area contributed by atoms with Gasteiger partial charge in [-0.25, -0.2) is 0 Å². The van der Waals surface area contributed by atoms with Crippen molar-refractivity contribution in [3.8, 4) is 0 Å². The molecule has 86 valence electrons. The summed E-state index contributed by atoms with van der Waals surface area (Å²) < 4.78 is 5.07. The maximum absolute atomic E-state index is 10.9. The summed E-state index contributed by atoms with van der Waals surface area (Å²) in [4.78, 5) is 12.7. The van der Waals surface area contributed by atoms with Crippen molar-refractivity contribution in [2.45, 2.75) is 12.8 Å². The zero-order chi connectivity index (χ0) is 10.9.